The molecule has 0 saturated carbocycles. The van der Waals surface area contributed by atoms with Gasteiger partial charge in [-0.05, 0) is 42.3 Å². The molecule has 0 spiro atoms. The van der Waals surface area contributed by atoms with Gasteiger partial charge in [0.1, 0.15) is 12.4 Å². The van der Waals surface area contributed by atoms with Gasteiger partial charge in [0.25, 0.3) is 5.56 Å². The molecule has 0 fully saturated rings. The molecule has 34 heavy (non-hydrogen) atoms. The fourth-order valence-corrected chi connectivity index (χ4v) is 4.36. The van der Waals surface area contributed by atoms with Gasteiger partial charge in [-0.15, -0.1) is 0 Å². The minimum absolute atomic E-state index is 0.222. The molecule has 3 aromatic carbocycles. The highest BCUT2D eigenvalue weighted by molar-refractivity contribution is 9.10. The molecule has 0 unspecified atom stereocenters. The van der Waals surface area contributed by atoms with E-state index < -0.39 is 0 Å². The molecule has 4 aromatic rings. The molecular weight excluding hydrogens is 562 g/mol. The van der Waals surface area contributed by atoms with Gasteiger partial charge >= 0.3 is 0 Å². The lowest BCUT2D eigenvalue weighted by molar-refractivity contribution is 0.284. The van der Waals surface area contributed by atoms with Gasteiger partial charge in [-0.3, -0.25) is 4.79 Å². The molecule has 0 bridgehead atoms. The molecule has 174 valence electrons. The number of fused-ring (bicyclic) bond motifs is 1. The van der Waals surface area contributed by atoms with E-state index in [9.17, 15) is 4.79 Å². The summed E-state index contributed by atoms with van der Waals surface area (Å²) in [6.07, 6.45) is 3.07. The zero-order valence-corrected chi connectivity index (χ0v) is 22.0. The first kappa shape index (κ1) is 24.2. The van der Waals surface area contributed by atoms with Gasteiger partial charge in [-0.1, -0.05) is 69.1 Å². The van der Waals surface area contributed by atoms with Crippen LogP contribution in [0.2, 0.25) is 0 Å². The average Bonchev–Trinajstić information content (AvgIpc) is 2.84. The maximum absolute atomic E-state index is 13.3. The van der Waals surface area contributed by atoms with Crippen LogP contribution in [0, 0.1) is 0 Å². The van der Waals surface area contributed by atoms with Gasteiger partial charge in [0.2, 0.25) is 0 Å². The number of benzene rings is 3. The highest BCUT2D eigenvalue weighted by Gasteiger charge is 2.14. The molecule has 0 amide bonds. The van der Waals surface area contributed by atoms with Crippen LogP contribution in [-0.2, 0) is 13.0 Å². The maximum atomic E-state index is 13.3. The van der Waals surface area contributed by atoms with E-state index >= 15 is 0 Å². The smallest absolute Gasteiger partial charge is 0.282 e. The molecule has 4 rings (SSSR count). The van der Waals surface area contributed by atoms with E-state index in [1.807, 2.05) is 61.5 Å². The van der Waals surface area contributed by atoms with Crippen LogP contribution in [-0.4, -0.2) is 23.0 Å². The van der Waals surface area contributed by atoms with Crippen molar-refractivity contribution in [1.82, 2.24) is 9.66 Å². The van der Waals surface area contributed by atoms with E-state index in [2.05, 4.69) is 37.0 Å². The predicted molar refractivity (Wildman–Crippen MR) is 142 cm³/mol. The third-order valence-electron chi connectivity index (χ3n) is 5.16. The van der Waals surface area contributed by atoms with Crippen LogP contribution in [0.3, 0.4) is 0 Å². The van der Waals surface area contributed by atoms with E-state index in [-0.39, 0.29) is 5.56 Å². The number of methoxy groups -OCH3 is 1. The monoisotopic (exact) mass is 583 g/mol. The summed E-state index contributed by atoms with van der Waals surface area (Å²) in [6.45, 7) is 2.41. The van der Waals surface area contributed by atoms with Crippen molar-refractivity contribution in [3.05, 3.63) is 96.9 Å². The Morgan fingerprint density at radius 2 is 1.85 bits per heavy atom. The van der Waals surface area contributed by atoms with Crippen molar-refractivity contribution in [3.63, 3.8) is 0 Å². The predicted octanol–water partition coefficient (Wildman–Crippen LogP) is 6.34. The minimum atomic E-state index is -0.222. The highest BCUT2D eigenvalue weighted by Crippen LogP contribution is 2.34. The van der Waals surface area contributed by atoms with Crippen LogP contribution in [0.25, 0.3) is 10.9 Å². The average molecular weight is 585 g/mol. The molecule has 0 saturated heterocycles. The van der Waals surface area contributed by atoms with Crippen LogP contribution in [0.4, 0.5) is 0 Å². The van der Waals surface area contributed by atoms with Crippen LogP contribution in [0.1, 0.15) is 30.3 Å². The Morgan fingerprint density at radius 3 is 2.59 bits per heavy atom. The summed E-state index contributed by atoms with van der Waals surface area (Å²) in [5.41, 5.74) is 2.13. The van der Waals surface area contributed by atoms with Crippen molar-refractivity contribution in [2.24, 2.45) is 5.10 Å². The third-order valence-corrected chi connectivity index (χ3v) is 6.11. The summed E-state index contributed by atoms with van der Waals surface area (Å²) in [4.78, 5) is 18.0. The molecule has 8 heteroatoms. The van der Waals surface area contributed by atoms with Crippen molar-refractivity contribution in [2.75, 3.05) is 7.11 Å². The fourth-order valence-electron chi connectivity index (χ4n) is 3.54. The van der Waals surface area contributed by atoms with Crippen LogP contribution >= 0.6 is 31.9 Å². The van der Waals surface area contributed by atoms with E-state index in [4.69, 9.17) is 14.5 Å². The Balaban J connectivity index is 1.78. The van der Waals surface area contributed by atoms with Crippen LogP contribution < -0.4 is 15.0 Å². The number of rotatable bonds is 8. The molecule has 0 N–H and O–H groups in total. The lowest BCUT2D eigenvalue weighted by Crippen LogP contribution is -2.22. The minimum Gasteiger partial charge on any atom is -0.493 e. The number of hydrogen-bond donors (Lipinski definition) is 0. The molecule has 1 heterocycles. The van der Waals surface area contributed by atoms with E-state index in [0.717, 1.165) is 20.9 Å². The Bertz CT molecular complexity index is 1400. The van der Waals surface area contributed by atoms with Crippen molar-refractivity contribution in [3.8, 4) is 11.5 Å². The quantitative estimate of drug-likeness (QED) is 0.227. The van der Waals surface area contributed by atoms with Crippen LogP contribution in [0.5, 0.6) is 11.5 Å². The first-order valence-electron chi connectivity index (χ1n) is 10.8. The highest BCUT2D eigenvalue weighted by atomic mass is 79.9. The van der Waals surface area contributed by atoms with E-state index in [1.165, 1.54) is 4.68 Å². The SMILES string of the molecule is CCCc1nc2ccc(Br)cc2c(=O)n1N=Cc1cc(Br)cc(OC)c1OCc1ccccc1. The topological polar surface area (TPSA) is 65.7 Å². The fraction of sp³-hybridized carbons (Fsp3) is 0.192. The van der Waals surface area contributed by atoms with Crippen molar-refractivity contribution < 1.29 is 9.47 Å². The number of hydrogen-bond acceptors (Lipinski definition) is 5. The summed E-state index contributed by atoms with van der Waals surface area (Å²) in [5.74, 6) is 1.71. The second kappa shape index (κ2) is 11.0. The van der Waals surface area contributed by atoms with Gasteiger partial charge < -0.3 is 9.47 Å². The Kier molecular flexibility index (Phi) is 7.80. The lowest BCUT2D eigenvalue weighted by atomic mass is 10.2. The molecule has 0 aliphatic carbocycles. The van der Waals surface area contributed by atoms with E-state index in [1.54, 1.807) is 19.4 Å². The van der Waals surface area contributed by atoms with Gasteiger partial charge in [-0.2, -0.15) is 9.78 Å². The van der Waals surface area contributed by atoms with Gasteiger partial charge in [0, 0.05) is 20.9 Å². The standard InChI is InChI=1S/C26H23Br2N3O3/c1-3-7-24-30-22-11-10-19(27)13-21(22)26(32)31(24)29-15-18-12-20(28)14-23(33-2)25(18)34-16-17-8-5-4-6-9-17/h4-6,8-15H,3,7,16H2,1-2H3. The number of aromatic nitrogens is 2. The zero-order valence-electron chi connectivity index (χ0n) is 18.8. The van der Waals surface area contributed by atoms with Crippen molar-refractivity contribution >= 4 is 49.0 Å². The normalized spacial score (nSPS) is 11.3. The first-order valence-corrected chi connectivity index (χ1v) is 12.4. The summed E-state index contributed by atoms with van der Waals surface area (Å²) in [6, 6.07) is 19.1. The van der Waals surface area contributed by atoms with Crippen LogP contribution in [0.15, 0.2) is 79.5 Å². The third kappa shape index (κ3) is 5.39. The number of ether oxygens (including phenoxy) is 2. The summed E-state index contributed by atoms with van der Waals surface area (Å²) in [5, 5.41) is 5.05. The van der Waals surface area contributed by atoms with Gasteiger partial charge in [0.05, 0.1) is 24.2 Å². The second-order valence-electron chi connectivity index (χ2n) is 7.60. The first-order chi connectivity index (χ1) is 16.5. The lowest BCUT2D eigenvalue weighted by Gasteiger charge is -2.14. The summed E-state index contributed by atoms with van der Waals surface area (Å²) < 4.78 is 14.7. The number of nitrogens with zero attached hydrogens (tertiary/aromatic N) is 3. The summed E-state index contributed by atoms with van der Waals surface area (Å²) >= 11 is 6.96. The summed E-state index contributed by atoms with van der Waals surface area (Å²) in [7, 11) is 1.59. The molecule has 0 aliphatic heterocycles. The van der Waals surface area contributed by atoms with Crippen molar-refractivity contribution in [2.45, 2.75) is 26.4 Å². The van der Waals surface area contributed by atoms with E-state index in [0.29, 0.717) is 46.8 Å². The van der Waals surface area contributed by atoms with Gasteiger partial charge in [0.15, 0.2) is 11.5 Å². The Labute approximate surface area is 214 Å². The van der Waals surface area contributed by atoms with Crippen molar-refractivity contribution in [1.29, 1.82) is 0 Å². The molecular formula is C26H23Br2N3O3. The van der Waals surface area contributed by atoms with Gasteiger partial charge in [-0.25, -0.2) is 4.98 Å². The zero-order chi connectivity index (χ0) is 24.1. The maximum Gasteiger partial charge on any atom is 0.282 e. The molecule has 0 aliphatic rings. The number of halogens is 2. The second-order valence-corrected chi connectivity index (χ2v) is 9.43. The molecule has 1 aromatic heterocycles. The largest absolute Gasteiger partial charge is 0.493 e. The molecule has 0 radical (unpaired) electrons. The number of aryl methyl sites for hydroxylation is 1. The molecule has 6 nitrogen and oxygen atoms in total. The molecule has 0 atom stereocenters. The Morgan fingerprint density at radius 1 is 1.06 bits per heavy atom. The Hall–Kier alpha value is -2.97.